The molecular formula is C12H12F3NO5. The Kier molecular flexibility index (Phi) is 5.51. The Morgan fingerprint density at radius 1 is 1.38 bits per heavy atom. The molecule has 1 aromatic rings. The van der Waals surface area contributed by atoms with Crippen LogP contribution in [0.3, 0.4) is 0 Å². The topological polar surface area (TPSA) is 78.7 Å². The van der Waals surface area contributed by atoms with Crippen LogP contribution in [-0.2, 0) is 16.0 Å². The number of nitro groups is 1. The Bertz CT molecular complexity index is 530. The summed E-state index contributed by atoms with van der Waals surface area (Å²) in [6, 6.07) is 3.55. The summed E-state index contributed by atoms with van der Waals surface area (Å²) < 4.78 is 45.5. The van der Waals surface area contributed by atoms with E-state index in [4.69, 9.17) is 0 Å². The molecule has 0 unspecified atom stereocenters. The number of halogens is 3. The summed E-state index contributed by atoms with van der Waals surface area (Å²) in [5.74, 6) is -0.969. The molecule has 1 aromatic carbocycles. The highest BCUT2D eigenvalue weighted by Gasteiger charge is 2.30. The van der Waals surface area contributed by atoms with E-state index in [2.05, 4.69) is 9.47 Å². The van der Waals surface area contributed by atoms with Gasteiger partial charge in [-0.15, -0.1) is 0 Å². The van der Waals surface area contributed by atoms with Gasteiger partial charge in [0.05, 0.1) is 11.5 Å². The molecule has 0 spiro atoms. The highest BCUT2D eigenvalue weighted by Crippen LogP contribution is 2.29. The minimum Gasteiger partial charge on any atom is -0.477 e. The van der Waals surface area contributed by atoms with Crippen molar-refractivity contribution in [2.24, 2.45) is 0 Å². The van der Waals surface area contributed by atoms with Crippen molar-refractivity contribution < 1.29 is 32.4 Å². The normalized spacial score (nSPS) is 11.0. The van der Waals surface area contributed by atoms with E-state index in [1.54, 1.807) is 0 Å². The van der Waals surface area contributed by atoms with Crippen LogP contribution >= 0.6 is 0 Å². The zero-order valence-corrected chi connectivity index (χ0v) is 11.0. The van der Waals surface area contributed by atoms with Gasteiger partial charge < -0.3 is 9.47 Å². The van der Waals surface area contributed by atoms with Gasteiger partial charge in [0.1, 0.15) is 0 Å². The van der Waals surface area contributed by atoms with E-state index >= 15 is 0 Å². The second kappa shape index (κ2) is 6.91. The number of esters is 1. The van der Waals surface area contributed by atoms with Crippen molar-refractivity contribution in [3.8, 4) is 5.75 Å². The smallest absolute Gasteiger partial charge is 0.422 e. The van der Waals surface area contributed by atoms with Crippen LogP contribution in [0.5, 0.6) is 5.75 Å². The number of nitro benzene ring substituents is 1. The molecule has 0 saturated carbocycles. The first-order valence-electron chi connectivity index (χ1n) is 5.79. The number of hydrogen-bond acceptors (Lipinski definition) is 5. The van der Waals surface area contributed by atoms with Crippen LogP contribution in [-0.4, -0.2) is 30.3 Å². The molecule has 0 amide bonds. The zero-order chi connectivity index (χ0) is 16.0. The maximum absolute atomic E-state index is 12.1. The van der Waals surface area contributed by atoms with Crippen LogP contribution in [0, 0.1) is 10.1 Å². The van der Waals surface area contributed by atoms with E-state index in [0.29, 0.717) is 5.56 Å². The van der Waals surface area contributed by atoms with Crippen LogP contribution in [0.2, 0.25) is 0 Å². The molecule has 0 saturated heterocycles. The van der Waals surface area contributed by atoms with Crippen LogP contribution < -0.4 is 4.74 Å². The SMILES string of the molecule is CC(=O)OCCc1ccc([N+](=O)[O-])c(OCC(F)(F)F)c1. The quantitative estimate of drug-likeness (QED) is 0.458. The molecule has 0 N–H and O–H groups in total. The van der Waals surface area contributed by atoms with Gasteiger partial charge in [0, 0.05) is 19.4 Å². The van der Waals surface area contributed by atoms with Crippen LogP contribution in [0.25, 0.3) is 0 Å². The summed E-state index contributed by atoms with van der Waals surface area (Å²) in [6.07, 6.45) is -4.39. The second-order valence-electron chi connectivity index (χ2n) is 4.05. The van der Waals surface area contributed by atoms with Gasteiger partial charge in [0.2, 0.25) is 0 Å². The molecule has 0 bridgehead atoms. The maximum Gasteiger partial charge on any atom is 0.422 e. The van der Waals surface area contributed by atoms with Gasteiger partial charge in [-0.2, -0.15) is 13.2 Å². The van der Waals surface area contributed by atoms with Crippen molar-refractivity contribution in [2.75, 3.05) is 13.2 Å². The number of nitrogens with zero attached hydrogens (tertiary/aromatic N) is 1. The van der Waals surface area contributed by atoms with E-state index in [1.165, 1.54) is 13.0 Å². The standard InChI is InChI=1S/C12H12F3NO5/c1-8(17)20-5-4-9-2-3-10(16(18)19)11(6-9)21-7-12(13,14)15/h2-3,6H,4-5,7H2,1H3. The fourth-order valence-corrected chi connectivity index (χ4v) is 1.45. The molecule has 0 atom stereocenters. The number of ether oxygens (including phenoxy) is 2. The average molecular weight is 307 g/mol. The number of carbonyl (C=O) groups excluding carboxylic acids is 1. The first-order chi connectivity index (χ1) is 9.69. The van der Waals surface area contributed by atoms with Crippen LogP contribution in [0.15, 0.2) is 18.2 Å². The van der Waals surface area contributed by atoms with E-state index in [0.717, 1.165) is 12.1 Å². The molecule has 0 radical (unpaired) electrons. The lowest BCUT2D eigenvalue weighted by Gasteiger charge is -2.10. The molecule has 0 aliphatic heterocycles. The number of alkyl halides is 3. The Labute approximate surface area is 117 Å². The van der Waals surface area contributed by atoms with Crippen molar-refractivity contribution in [3.63, 3.8) is 0 Å². The third-order valence-corrected chi connectivity index (χ3v) is 2.31. The summed E-state index contributed by atoms with van der Waals surface area (Å²) in [7, 11) is 0. The molecule has 116 valence electrons. The predicted octanol–water partition coefficient (Wildman–Crippen LogP) is 2.64. The van der Waals surface area contributed by atoms with Crippen LogP contribution in [0.4, 0.5) is 18.9 Å². The first-order valence-corrected chi connectivity index (χ1v) is 5.79. The molecule has 0 aliphatic carbocycles. The molecule has 21 heavy (non-hydrogen) atoms. The Hall–Kier alpha value is -2.32. The Morgan fingerprint density at radius 2 is 2.05 bits per heavy atom. The van der Waals surface area contributed by atoms with Gasteiger partial charge >= 0.3 is 17.8 Å². The van der Waals surface area contributed by atoms with Crippen molar-refractivity contribution in [3.05, 3.63) is 33.9 Å². The summed E-state index contributed by atoms with van der Waals surface area (Å²) >= 11 is 0. The molecule has 9 heteroatoms. The lowest BCUT2D eigenvalue weighted by molar-refractivity contribution is -0.386. The van der Waals surface area contributed by atoms with E-state index in [-0.39, 0.29) is 13.0 Å². The minimum atomic E-state index is -4.60. The fraction of sp³-hybridized carbons (Fsp3) is 0.417. The van der Waals surface area contributed by atoms with Crippen molar-refractivity contribution in [2.45, 2.75) is 19.5 Å². The van der Waals surface area contributed by atoms with Gasteiger partial charge in [-0.1, -0.05) is 6.07 Å². The monoisotopic (exact) mass is 307 g/mol. The van der Waals surface area contributed by atoms with Gasteiger partial charge in [-0.25, -0.2) is 0 Å². The third-order valence-electron chi connectivity index (χ3n) is 2.31. The molecule has 0 aromatic heterocycles. The number of carbonyl (C=O) groups is 1. The van der Waals surface area contributed by atoms with E-state index in [9.17, 15) is 28.1 Å². The summed E-state index contributed by atoms with van der Waals surface area (Å²) in [5, 5.41) is 10.7. The molecule has 0 fully saturated rings. The highest BCUT2D eigenvalue weighted by molar-refractivity contribution is 5.65. The summed E-state index contributed by atoms with van der Waals surface area (Å²) in [4.78, 5) is 20.5. The average Bonchev–Trinajstić information content (AvgIpc) is 2.35. The summed E-state index contributed by atoms with van der Waals surface area (Å²) in [6.45, 7) is -0.388. The van der Waals surface area contributed by atoms with Crippen LogP contribution in [0.1, 0.15) is 12.5 Å². The maximum atomic E-state index is 12.1. The van der Waals surface area contributed by atoms with Gasteiger partial charge in [0.25, 0.3) is 0 Å². The van der Waals surface area contributed by atoms with Crippen molar-refractivity contribution >= 4 is 11.7 Å². The van der Waals surface area contributed by atoms with Gasteiger partial charge in [-0.05, 0) is 11.6 Å². The third kappa shape index (κ3) is 6.11. The van der Waals surface area contributed by atoms with E-state index in [1.807, 2.05) is 0 Å². The number of hydrogen-bond donors (Lipinski definition) is 0. The minimum absolute atomic E-state index is 0.0197. The fourth-order valence-electron chi connectivity index (χ4n) is 1.45. The molecule has 0 heterocycles. The lowest BCUT2D eigenvalue weighted by atomic mass is 10.1. The second-order valence-corrected chi connectivity index (χ2v) is 4.05. The van der Waals surface area contributed by atoms with Gasteiger partial charge in [0.15, 0.2) is 12.4 Å². The molecule has 1 rings (SSSR count). The van der Waals surface area contributed by atoms with E-state index < -0.39 is 35.1 Å². The first kappa shape index (κ1) is 16.7. The predicted molar refractivity (Wildman–Crippen MR) is 65.0 cm³/mol. The highest BCUT2D eigenvalue weighted by atomic mass is 19.4. The lowest BCUT2D eigenvalue weighted by Crippen LogP contribution is -2.19. The number of rotatable bonds is 6. The zero-order valence-electron chi connectivity index (χ0n) is 11.0. The van der Waals surface area contributed by atoms with Crippen molar-refractivity contribution in [1.82, 2.24) is 0 Å². The number of benzene rings is 1. The molecular weight excluding hydrogens is 295 g/mol. The Balaban J connectivity index is 2.85. The van der Waals surface area contributed by atoms with Crippen molar-refractivity contribution in [1.29, 1.82) is 0 Å². The Morgan fingerprint density at radius 3 is 2.57 bits per heavy atom. The van der Waals surface area contributed by atoms with Gasteiger partial charge in [-0.3, -0.25) is 14.9 Å². The largest absolute Gasteiger partial charge is 0.477 e. The summed E-state index contributed by atoms with van der Waals surface area (Å²) in [5.41, 5.74) is -0.102. The molecule has 6 nitrogen and oxygen atoms in total. The molecule has 0 aliphatic rings.